The molecule has 0 unspecified atom stereocenters. The zero-order valence-corrected chi connectivity index (χ0v) is 12.9. The van der Waals surface area contributed by atoms with Gasteiger partial charge in [0, 0.05) is 36.7 Å². The van der Waals surface area contributed by atoms with Crippen molar-refractivity contribution in [3.63, 3.8) is 0 Å². The van der Waals surface area contributed by atoms with Crippen molar-refractivity contribution < 1.29 is 5.11 Å². The number of fused-ring (bicyclic) bond motifs is 1. The second-order valence-corrected chi connectivity index (χ2v) is 5.64. The van der Waals surface area contributed by atoms with Gasteiger partial charge in [-0.25, -0.2) is 0 Å². The fourth-order valence-electron chi connectivity index (χ4n) is 3.01. The Balaban J connectivity index is 1.94. The van der Waals surface area contributed by atoms with E-state index in [1.165, 1.54) is 27.6 Å². The average molecular weight is 294 g/mol. The largest absolute Gasteiger partial charge is 0.395 e. The van der Waals surface area contributed by atoms with Crippen molar-refractivity contribution in [1.29, 1.82) is 0 Å². The summed E-state index contributed by atoms with van der Waals surface area (Å²) in [5.41, 5.74) is 5.16. The first kappa shape index (κ1) is 14.8. The standard InChI is InChI=1S/C19H22N2O/c1-15-13-21(14-16-6-3-2-4-7-16)18-9-5-8-17(19(15)18)12-20-10-11-22/h2-9,13,20,22H,10-12,14H2,1H3. The maximum Gasteiger partial charge on any atom is 0.0556 e. The zero-order valence-electron chi connectivity index (χ0n) is 12.9. The van der Waals surface area contributed by atoms with Crippen molar-refractivity contribution in [3.05, 3.63) is 71.4 Å². The quantitative estimate of drug-likeness (QED) is 0.686. The third-order valence-electron chi connectivity index (χ3n) is 3.98. The van der Waals surface area contributed by atoms with Crippen LogP contribution in [0.1, 0.15) is 16.7 Å². The van der Waals surface area contributed by atoms with Crippen LogP contribution in [-0.2, 0) is 13.1 Å². The van der Waals surface area contributed by atoms with Crippen molar-refractivity contribution in [2.75, 3.05) is 13.2 Å². The van der Waals surface area contributed by atoms with Crippen molar-refractivity contribution in [2.45, 2.75) is 20.0 Å². The van der Waals surface area contributed by atoms with Crippen molar-refractivity contribution in [1.82, 2.24) is 9.88 Å². The van der Waals surface area contributed by atoms with Gasteiger partial charge in [0.25, 0.3) is 0 Å². The lowest BCUT2D eigenvalue weighted by Gasteiger charge is -2.08. The number of aryl methyl sites for hydroxylation is 1. The highest BCUT2D eigenvalue weighted by Crippen LogP contribution is 2.25. The summed E-state index contributed by atoms with van der Waals surface area (Å²) in [6, 6.07) is 17.0. The van der Waals surface area contributed by atoms with E-state index >= 15 is 0 Å². The van der Waals surface area contributed by atoms with Crippen LogP contribution in [0.15, 0.2) is 54.7 Å². The Kier molecular flexibility index (Phi) is 4.56. The van der Waals surface area contributed by atoms with Crippen LogP contribution in [0, 0.1) is 6.92 Å². The van der Waals surface area contributed by atoms with Crippen molar-refractivity contribution >= 4 is 10.9 Å². The van der Waals surface area contributed by atoms with Gasteiger partial charge in [0.15, 0.2) is 0 Å². The molecule has 3 nitrogen and oxygen atoms in total. The van der Waals surface area contributed by atoms with Crippen LogP contribution < -0.4 is 5.32 Å². The summed E-state index contributed by atoms with van der Waals surface area (Å²) in [7, 11) is 0. The Bertz CT molecular complexity index is 747. The molecule has 3 aromatic rings. The first-order valence-corrected chi connectivity index (χ1v) is 7.72. The monoisotopic (exact) mass is 294 g/mol. The van der Waals surface area contributed by atoms with Crippen molar-refractivity contribution in [3.8, 4) is 0 Å². The van der Waals surface area contributed by atoms with E-state index in [0.29, 0.717) is 6.54 Å². The number of nitrogens with zero attached hydrogens (tertiary/aromatic N) is 1. The Morgan fingerprint density at radius 3 is 2.64 bits per heavy atom. The number of hydrogen-bond acceptors (Lipinski definition) is 2. The van der Waals surface area contributed by atoms with Gasteiger partial charge in [-0.15, -0.1) is 0 Å². The number of nitrogens with one attached hydrogen (secondary N) is 1. The summed E-state index contributed by atoms with van der Waals surface area (Å²) in [6.07, 6.45) is 2.23. The number of aliphatic hydroxyl groups excluding tert-OH is 1. The highest BCUT2D eigenvalue weighted by Gasteiger charge is 2.09. The molecule has 0 radical (unpaired) electrons. The predicted molar refractivity (Wildman–Crippen MR) is 91.0 cm³/mol. The molecule has 0 bridgehead atoms. The van der Waals surface area contributed by atoms with Crippen LogP contribution in [-0.4, -0.2) is 22.8 Å². The Morgan fingerprint density at radius 1 is 1.05 bits per heavy atom. The van der Waals surface area contributed by atoms with Gasteiger partial charge >= 0.3 is 0 Å². The molecule has 3 rings (SSSR count). The van der Waals surface area contributed by atoms with Gasteiger partial charge in [0.2, 0.25) is 0 Å². The van der Waals surface area contributed by atoms with E-state index in [2.05, 4.69) is 65.5 Å². The Morgan fingerprint density at radius 2 is 1.86 bits per heavy atom. The molecule has 2 aromatic carbocycles. The lowest BCUT2D eigenvalue weighted by molar-refractivity contribution is 0.292. The average Bonchev–Trinajstić information content (AvgIpc) is 2.86. The molecule has 114 valence electrons. The first-order chi connectivity index (χ1) is 10.8. The zero-order chi connectivity index (χ0) is 15.4. The highest BCUT2D eigenvalue weighted by atomic mass is 16.3. The van der Waals surface area contributed by atoms with Crippen LogP contribution in [0.5, 0.6) is 0 Å². The minimum Gasteiger partial charge on any atom is -0.395 e. The van der Waals surface area contributed by atoms with Gasteiger partial charge < -0.3 is 15.0 Å². The smallest absolute Gasteiger partial charge is 0.0556 e. The minimum absolute atomic E-state index is 0.171. The third-order valence-corrected chi connectivity index (χ3v) is 3.98. The molecular formula is C19H22N2O. The van der Waals surface area contributed by atoms with Crippen LogP contribution in [0.4, 0.5) is 0 Å². The van der Waals surface area contributed by atoms with Crippen LogP contribution in [0.3, 0.4) is 0 Å². The fourth-order valence-corrected chi connectivity index (χ4v) is 3.01. The van der Waals surface area contributed by atoms with Gasteiger partial charge in [-0.05, 0) is 29.7 Å². The van der Waals surface area contributed by atoms with Gasteiger partial charge in [0.1, 0.15) is 0 Å². The molecular weight excluding hydrogens is 272 g/mol. The molecule has 0 aliphatic rings. The third kappa shape index (κ3) is 3.06. The summed E-state index contributed by atoms with van der Waals surface area (Å²) in [4.78, 5) is 0. The molecule has 0 atom stereocenters. The fraction of sp³-hybridized carbons (Fsp3) is 0.263. The van der Waals surface area contributed by atoms with Gasteiger partial charge in [0.05, 0.1) is 6.61 Å². The molecule has 0 saturated heterocycles. The van der Waals surface area contributed by atoms with Gasteiger partial charge in [-0.2, -0.15) is 0 Å². The molecule has 0 amide bonds. The SMILES string of the molecule is Cc1cn(Cc2ccccc2)c2cccc(CNCCO)c12. The number of aliphatic hydroxyl groups is 1. The maximum absolute atomic E-state index is 8.91. The summed E-state index contributed by atoms with van der Waals surface area (Å²) >= 11 is 0. The number of hydrogen-bond donors (Lipinski definition) is 2. The van der Waals surface area contributed by atoms with E-state index in [1.807, 2.05) is 6.07 Å². The van der Waals surface area contributed by atoms with E-state index in [4.69, 9.17) is 5.11 Å². The van der Waals surface area contributed by atoms with E-state index < -0.39 is 0 Å². The second kappa shape index (κ2) is 6.77. The normalized spacial score (nSPS) is 11.2. The molecule has 0 fully saturated rings. The maximum atomic E-state index is 8.91. The first-order valence-electron chi connectivity index (χ1n) is 7.72. The van der Waals surface area contributed by atoms with E-state index in [9.17, 15) is 0 Å². The van der Waals surface area contributed by atoms with E-state index in [0.717, 1.165) is 13.1 Å². The summed E-state index contributed by atoms with van der Waals surface area (Å²) in [6.45, 7) is 4.64. The van der Waals surface area contributed by atoms with Crippen LogP contribution in [0.25, 0.3) is 10.9 Å². The molecule has 0 saturated carbocycles. The molecule has 22 heavy (non-hydrogen) atoms. The summed E-state index contributed by atoms with van der Waals surface area (Å²) in [5.74, 6) is 0. The molecule has 0 aliphatic carbocycles. The van der Waals surface area contributed by atoms with Crippen LogP contribution in [0.2, 0.25) is 0 Å². The Labute approximate surface area is 131 Å². The Hall–Kier alpha value is -2.10. The molecule has 1 aromatic heterocycles. The molecule has 1 heterocycles. The summed E-state index contributed by atoms with van der Waals surface area (Å²) in [5, 5.41) is 13.5. The van der Waals surface area contributed by atoms with Gasteiger partial charge in [-0.1, -0.05) is 42.5 Å². The highest BCUT2D eigenvalue weighted by molar-refractivity contribution is 5.87. The topological polar surface area (TPSA) is 37.2 Å². The van der Waals surface area contributed by atoms with Gasteiger partial charge in [-0.3, -0.25) is 0 Å². The van der Waals surface area contributed by atoms with Crippen molar-refractivity contribution in [2.24, 2.45) is 0 Å². The van der Waals surface area contributed by atoms with Crippen LogP contribution >= 0.6 is 0 Å². The molecule has 0 aliphatic heterocycles. The van der Waals surface area contributed by atoms with E-state index in [-0.39, 0.29) is 6.61 Å². The number of benzene rings is 2. The second-order valence-electron chi connectivity index (χ2n) is 5.64. The molecule has 3 heteroatoms. The lowest BCUT2D eigenvalue weighted by Crippen LogP contribution is -2.17. The summed E-state index contributed by atoms with van der Waals surface area (Å²) < 4.78 is 2.32. The molecule has 2 N–H and O–H groups in total. The number of aromatic nitrogens is 1. The predicted octanol–water partition coefficient (Wildman–Crippen LogP) is 3.08. The number of rotatable bonds is 6. The lowest BCUT2D eigenvalue weighted by atomic mass is 10.1. The molecule has 0 spiro atoms. The van der Waals surface area contributed by atoms with E-state index in [1.54, 1.807) is 0 Å². The minimum atomic E-state index is 0.171.